The maximum atomic E-state index is 12.3. The second-order valence-corrected chi connectivity index (χ2v) is 6.02. The number of nitrogens with one attached hydrogen (secondary N) is 1. The number of hydrogen-bond donors (Lipinski definition) is 3. The number of likely N-dealkylation sites (N-methyl/N-ethyl adjacent to an activating group) is 1. The van der Waals surface area contributed by atoms with Gasteiger partial charge in [-0.15, -0.1) is 0 Å². The van der Waals surface area contributed by atoms with Crippen molar-refractivity contribution in [3.05, 3.63) is 59.2 Å². The standard InChI is InChI=1S/C19H22BN3O4/c1-3-15-12-18(27-20(25)26)8-7-16(15)9-10-23(2)19(24)22-17-6-4-5-14(11-17)13-21/h4-8,11-12,25-26H,3,9-10H2,1-2H3,(H,22,24). The number of nitriles is 1. The van der Waals surface area contributed by atoms with E-state index in [2.05, 4.69) is 5.32 Å². The van der Waals surface area contributed by atoms with Crippen LogP contribution >= 0.6 is 0 Å². The summed E-state index contributed by atoms with van der Waals surface area (Å²) in [6.45, 7) is 2.50. The van der Waals surface area contributed by atoms with Crippen molar-refractivity contribution in [2.45, 2.75) is 19.8 Å². The summed E-state index contributed by atoms with van der Waals surface area (Å²) in [5, 5.41) is 29.5. The molecule has 0 unspecified atom stereocenters. The van der Waals surface area contributed by atoms with Crippen LogP contribution in [0.25, 0.3) is 0 Å². The fourth-order valence-electron chi connectivity index (χ4n) is 2.65. The lowest BCUT2D eigenvalue weighted by molar-refractivity contribution is 0.223. The molecule has 0 heterocycles. The van der Waals surface area contributed by atoms with Gasteiger partial charge < -0.3 is 24.9 Å². The molecule has 0 radical (unpaired) electrons. The Morgan fingerprint density at radius 1 is 1.26 bits per heavy atom. The molecule has 0 bridgehead atoms. The van der Waals surface area contributed by atoms with Crippen LogP contribution in [0.4, 0.5) is 10.5 Å². The minimum atomic E-state index is -1.85. The van der Waals surface area contributed by atoms with Crippen molar-refractivity contribution >= 4 is 19.0 Å². The SMILES string of the molecule is CCc1cc(OB(O)O)ccc1CCN(C)C(=O)Nc1cccc(C#N)c1. The van der Waals surface area contributed by atoms with Crippen molar-refractivity contribution in [1.29, 1.82) is 5.26 Å². The van der Waals surface area contributed by atoms with Crippen molar-refractivity contribution in [3.8, 4) is 11.8 Å². The first-order chi connectivity index (χ1) is 12.9. The Hall–Kier alpha value is -3.02. The Balaban J connectivity index is 1.96. The van der Waals surface area contributed by atoms with E-state index in [0.717, 1.165) is 17.5 Å². The number of urea groups is 1. The Kier molecular flexibility index (Phi) is 7.23. The minimum absolute atomic E-state index is 0.258. The molecule has 2 amide bonds. The summed E-state index contributed by atoms with van der Waals surface area (Å²) in [5.74, 6) is 0.383. The first kappa shape index (κ1) is 20.3. The average Bonchev–Trinajstić information content (AvgIpc) is 2.66. The molecule has 0 aliphatic carbocycles. The zero-order valence-electron chi connectivity index (χ0n) is 15.3. The molecule has 140 valence electrons. The molecule has 0 atom stereocenters. The molecule has 0 aliphatic heterocycles. The molecular weight excluding hydrogens is 345 g/mol. The topological polar surface area (TPSA) is 106 Å². The summed E-state index contributed by atoms with van der Waals surface area (Å²) in [7, 11) is -0.149. The van der Waals surface area contributed by atoms with Gasteiger partial charge in [0.05, 0.1) is 11.6 Å². The molecule has 7 nitrogen and oxygen atoms in total. The van der Waals surface area contributed by atoms with Gasteiger partial charge in [-0.1, -0.05) is 19.1 Å². The second kappa shape index (κ2) is 9.62. The van der Waals surface area contributed by atoms with Crippen molar-refractivity contribution < 1.29 is 19.5 Å². The summed E-state index contributed by atoms with van der Waals surface area (Å²) in [4.78, 5) is 13.9. The third-order valence-corrected chi connectivity index (χ3v) is 4.11. The Bertz CT molecular complexity index is 836. The molecule has 0 aliphatic rings. The Morgan fingerprint density at radius 3 is 2.70 bits per heavy atom. The molecule has 27 heavy (non-hydrogen) atoms. The second-order valence-electron chi connectivity index (χ2n) is 6.02. The molecule has 2 aromatic carbocycles. The summed E-state index contributed by atoms with van der Waals surface area (Å²) in [6.07, 6.45) is 1.40. The van der Waals surface area contributed by atoms with E-state index in [-0.39, 0.29) is 6.03 Å². The van der Waals surface area contributed by atoms with E-state index in [4.69, 9.17) is 20.0 Å². The van der Waals surface area contributed by atoms with Gasteiger partial charge in [0.2, 0.25) is 0 Å². The third-order valence-electron chi connectivity index (χ3n) is 4.11. The van der Waals surface area contributed by atoms with Crippen LogP contribution in [0.5, 0.6) is 5.75 Å². The fraction of sp³-hybridized carbons (Fsp3) is 0.263. The highest BCUT2D eigenvalue weighted by molar-refractivity contribution is 6.33. The van der Waals surface area contributed by atoms with Crippen molar-refractivity contribution in [1.82, 2.24) is 4.90 Å². The monoisotopic (exact) mass is 367 g/mol. The number of nitrogens with zero attached hydrogens (tertiary/aromatic N) is 2. The first-order valence-corrected chi connectivity index (χ1v) is 8.59. The molecule has 0 fully saturated rings. The molecule has 3 N–H and O–H groups in total. The van der Waals surface area contributed by atoms with Gasteiger partial charge in [-0.2, -0.15) is 5.26 Å². The summed E-state index contributed by atoms with van der Waals surface area (Å²) >= 11 is 0. The van der Waals surface area contributed by atoms with Crippen LogP contribution in [-0.4, -0.2) is 41.9 Å². The number of amides is 2. The average molecular weight is 367 g/mol. The van der Waals surface area contributed by atoms with E-state index in [9.17, 15) is 4.79 Å². The van der Waals surface area contributed by atoms with Crippen LogP contribution in [0.2, 0.25) is 0 Å². The minimum Gasteiger partial charge on any atom is -0.512 e. The molecule has 0 saturated carbocycles. The van der Waals surface area contributed by atoms with Gasteiger partial charge in [-0.25, -0.2) is 4.79 Å². The summed E-state index contributed by atoms with van der Waals surface area (Å²) in [6, 6.07) is 13.8. The number of carbonyl (C=O) groups is 1. The fourth-order valence-corrected chi connectivity index (χ4v) is 2.65. The van der Waals surface area contributed by atoms with Crippen LogP contribution < -0.4 is 9.97 Å². The van der Waals surface area contributed by atoms with Crippen molar-refractivity contribution in [3.63, 3.8) is 0 Å². The van der Waals surface area contributed by atoms with Gasteiger partial charge >= 0.3 is 13.4 Å². The molecule has 0 spiro atoms. The van der Waals surface area contributed by atoms with Gasteiger partial charge in [0.1, 0.15) is 5.75 Å². The zero-order valence-corrected chi connectivity index (χ0v) is 15.3. The molecule has 8 heteroatoms. The number of benzene rings is 2. The lowest BCUT2D eigenvalue weighted by atomic mass is 10.0. The lowest BCUT2D eigenvalue weighted by Crippen LogP contribution is -2.33. The van der Waals surface area contributed by atoms with Gasteiger partial charge in [-0.05, 0) is 54.3 Å². The van der Waals surface area contributed by atoms with Crippen LogP contribution in [0.1, 0.15) is 23.6 Å². The van der Waals surface area contributed by atoms with E-state index in [1.807, 2.05) is 19.1 Å². The Labute approximate surface area is 159 Å². The number of carbonyl (C=O) groups excluding carboxylic acids is 1. The van der Waals surface area contributed by atoms with Crippen LogP contribution in [-0.2, 0) is 12.8 Å². The number of rotatable bonds is 7. The van der Waals surface area contributed by atoms with Gasteiger partial charge in [0.15, 0.2) is 0 Å². The maximum absolute atomic E-state index is 12.3. The van der Waals surface area contributed by atoms with E-state index in [1.165, 1.54) is 0 Å². The van der Waals surface area contributed by atoms with E-state index < -0.39 is 7.32 Å². The lowest BCUT2D eigenvalue weighted by Gasteiger charge is -2.19. The number of aryl methyl sites for hydroxylation is 1. The predicted octanol–water partition coefficient (Wildman–Crippen LogP) is 2.18. The van der Waals surface area contributed by atoms with Gasteiger partial charge in [-0.3, -0.25) is 0 Å². The zero-order chi connectivity index (χ0) is 19.8. The van der Waals surface area contributed by atoms with E-state index in [0.29, 0.717) is 30.0 Å². The first-order valence-electron chi connectivity index (χ1n) is 8.59. The third kappa shape index (κ3) is 6.03. The van der Waals surface area contributed by atoms with Crippen LogP contribution in [0.15, 0.2) is 42.5 Å². The molecule has 2 aromatic rings. The Morgan fingerprint density at radius 2 is 2.04 bits per heavy atom. The highest BCUT2D eigenvalue weighted by Crippen LogP contribution is 2.20. The quantitative estimate of drug-likeness (QED) is 0.651. The highest BCUT2D eigenvalue weighted by atomic mass is 16.6. The smallest absolute Gasteiger partial charge is 0.512 e. The summed E-state index contributed by atoms with van der Waals surface area (Å²) < 4.78 is 4.87. The molecule has 0 saturated heterocycles. The summed E-state index contributed by atoms with van der Waals surface area (Å²) in [5.41, 5.74) is 3.13. The predicted molar refractivity (Wildman–Crippen MR) is 103 cm³/mol. The van der Waals surface area contributed by atoms with E-state index >= 15 is 0 Å². The maximum Gasteiger partial charge on any atom is 0.707 e. The number of anilines is 1. The normalized spacial score (nSPS) is 10.0. The van der Waals surface area contributed by atoms with Crippen molar-refractivity contribution in [2.75, 3.05) is 18.9 Å². The molecular formula is C19H22BN3O4. The van der Waals surface area contributed by atoms with Gasteiger partial charge in [0, 0.05) is 19.3 Å². The molecule has 0 aromatic heterocycles. The van der Waals surface area contributed by atoms with Crippen LogP contribution in [0.3, 0.4) is 0 Å². The molecule has 2 rings (SSSR count). The van der Waals surface area contributed by atoms with Crippen LogP contribution in [0, 0.1) is 11.3 Å². The largest absolute Gasteiger partial charge is 0.707 e. The highest BCUT2D eigenvalue weighted by Gasteiger charge is 2.14. The van der Waals surface area contributed by atoms with Crippen molar-refractivity contribution in [2.24, 2.45) is 0 Å². The number of hydrogen-bond acceptors (Lipinski definition) is 5. The van der Waals surface area contributed by atoms with E-state index in [1.54, 1.807) is 48.3 Å². The van der Waals surface area contributed by atoms with Gasteiger partial charge in [0.25, 0.3) is 0 Å².